The van der Waals surface area contributed by atoms with Crippen LogP contribution < -0.4 is 5.73 Å². The number of nitrogens with two attached hydrogens (primary N) is 1. The lowest BCUT2D eigenvalue weighted by Gasteiger charge is -1.97. The smallest absolute Gasteiger partial charge is 0.0156 e. The molecular formula is C5H10IN. The Morgan fingerprint density at radius 2 is 2.29 bits per heavy atom. The minimum absolute atomic E-state index is 0.432. The molecule has 0 aliphatic heterocycles. The fourth-order valence-corrected chi connectivity index (χ4v) is 1.97. The summed E-state index contributed by atoms with van der Waals surface area (Å²) in [6.07, 6.45) is 1.35. The second kappa shape index (κ2) is 1.90. The molecule has 1 saturated carbocycles. The molecule has 42 valence electrons. The van der Waals surface area contributed by atoms with Crippen LogP contribution in [0.3, 0.4) is 0 Å². The minimum Gasteiger partial charge on any atom is -0.328 e. The first-order chi connectivity index (χ1) is 3.22. The number of alkyl halides is 1. The van der Waals surface area contributed by atoms with Crippen LogP contribution in [0.4, 0.5) is 0 Å². The van der Waals surface area contributed by atoms with Gasteiger partial charge < -0.3 is 5.73 Å². The van der Waals surface area contributed by atoms with Crippen molar-refractivity contribution in [2.24, 2.45) is 11.7 Å². The first kappa shape index (κ1) is 5.82. The highest BCUT2D eigenvalue weighted by Crippen LogP contribution is 2.39. The summed E-state index contributed by atoms with van der Waals surface area (Å²) < 4.78 is 0.887. The van der Waals surface area contributed by atoms with Gasteiger partial charge in [-0.25, -0.2) is 0 Å². The molecule has 0 saturated heterocycles. The van der Waals surface area contributed by atoms with Gasteiger partial charge in [-0.3, -0.25) is 0 Å². The Bertz CT molecular complexity index is 72.5. The third-order valence-corrected chi connectivity index (χ3v) is 2.87. The lowest BCUT2D eigenvalue weighted by molar-refractivity contribution is 0.655. The van der Waals surface area contributed by atoms with Crippen molar-refractivity contribution in [3.63, 3.8) is 0 Å². The highest BCUT2D eigenvalue weighted by Gasteiger charge is 2.36. The number of hydrogen-bond donors (Lipinski definition) is 1. The highest BCUT2D eigenvalue weighted by molar-refractivity contribution is 14.1. The average molecular weight is 211 g/mol. The summed E-state index contributed by atoms with van der Waals surface area (Å²) in [6.45, 7) is 2.09. The van der Waals surface area contributed by atoms with E-state index in [9.17, 15) is 0 Å². The third kappa shape index (κ3) is 1.29. The van der Waals surface area contributed by atoms with Crippen LogP contribution in [0, 0.1) is 5.92 Å². The van der Waals surface area contributed by atoms with Gasteiger partial charge in [0.15, 0.2) is 0 Å². The molecule has 0 aromatic carbocycles. The van der Waals surface area contributed by atoms with E-state index in [1.54, 1.807) is 0 Å². The second-order valence-electron chi connectivity index (χ2n) is 2.27. The molecule has 7 heavy (non-hydrogen) atoms. The van der Waals surface area contributed by atoms with Crippen LogP contribution >= 0.6 is 22.6 Å². The molecule has 0 aromatic heterocycles. The number of halogens is 1. The van der Waals surface area contributed by atoms with Crippen LogP contribution in [0.25, 0.3) is 0 Å². The molecule has 1 fully saturated rings. The van der Waals surface area contributed by atoms with Crippen LogP contribution in [-0.4, -0.2) is 9.97 Å². The van der Waals surface area contributed by atoms with E-state index >= 15 is 0 Å². The molecule has 1 aliphatic carbocycles. The molecule has 0 amide bonds. The van der Waals surface area contributed by atoms with Gasteiger partial charge in [-0.15, -0.1) is 0 Å². The van der Waals surface area contributed by atoms with Crippen molar-refractivity contribution in [2.75, 3.05) is 0 Å². The molecule has 3 atom stereocenters. The SMILES string of the molecule is CC(N)C1CC1I. The molecule has 0 heterocycles. The van der Waals surface area contributed by atoms with Crippen molar-refractivity contribution >= 4 is 22.6 Å². The maximum Gasteiger partial charge on any atom is 0.0156 e. The normalized spacial score (nSPS) is 43.3. The first-order valence-corrected chi connectivity index (χ1v) is 3.86. The standard InChI is InChI=1S/C5H10IN/c1-3(7)4-2-5(4)6/h3-5H,2,7H2,1H3. The van der Waals surface area contributed by atoms with Crippen LogP contribution in [-0.2, 0) is 0 Å². The summed E-state index contributed by atoms with van der Waals surface area (Å²) in [6, 6.07) is 0.432. The third-order valence-electron chi connectivity index (χ3n) is 1.43. The van der Waals surface area contributed by atoms with Gasteiger partial charge in [-0.2, -0.15) is 0 Å². The van der Waals surface area contributed by atoms with Crippen molar-refractivity contribution < 1.29 is 0 Å². The molecule has 1 aliphatic rings. The van der Waals surface area contributed by atoms with Crippen LogP contribution in [0.15, 0.2) is 0 Å². The number of rotatable bonds is 1. The van der Waals surface area contributed by atoms with Gasteiger partial charge in [0.1, 0.15) is 0 Å². The molecule has 2 heteroatoms. The lowest BCUT2D eigenvalue weighted by Crippen LogP contribution is -2.18. The van der Waals surface area contributed by atoms with Crippen molar-refractivity contribution in [3.8, 4) is 0 Å². The Labute approximate surface area is 57.8 Å². The molecule has 1 nitrogen and oxygen atoms in total. The zero-order chi connectivity index (χ0) is 5.44. The van der Waals surface area contributed by atoms with Crippen molar-refractivity contribution in [2.45, 2.75) is 23.3 Å². The summed E-state index contributed by atoms with van der Waals surface area (Å²) in [5, 5.41) is 0. The summed E-state index contributed by atoms with van der Waals surface area (Å²) >= 11 is 2.45. The van der Waals surface area contributed by atoms with Gasteiger partial charge in [0.2, 0.25) is 0 Å². The van der Waals surface area contributed by atoms with E-state index < -0.39 is 0 Å². The second-order valence-corrected chi connectivity index (χ2v) is 3.87. The lowest BCUT2D eigenvalue weighted by atomic mass is 10.2. The molecule has 2 N–H and O–H groups in total. The first-order valence-electron chi connectivity index (χ1n) is 2.61. The molecule has 0 aromatic rings. The van der Waals surface area contributed by atoms with E-state index in [4.69, 9.17) is 5.73 Å². The van der Waals surface area contributed by atoms with Gasteiger partial charge in [-0.1, -0.05) is 22.6 Å². The Kier molecular flexibility index (Phi) is 1.58. The van der Waals surface area contributed by atoms with Gasteiger partial charge in [0.05, 0.1) is 0 Å². The highest BCUT2D eigenvalue weighted by atomic mass is 127. The van der Waals surface area contributed by atoms with E-state index in [1.165, 1.54) is 6.42 Å². The molecule has 1 rings (SSSR count). The zero-order valence-electron chi connectivity index (χ0n) is 4.39. The Morgan fingerprint density at radius 3 is 2.29 bits per heavy atom. The number of hydrogen-bond acceptors (Lipinski definition) is 1. The molecular weight excluding hydrogens is 201 g/mol. The Hall–Kier alpha value is 0.690. The Morgan fingerprint density at radius 1 is 1.86 bits per heavy atom. The van der Waals surface area contributed by atoms with Crippen molar-refractivity contribution in [3.05, 3.63) is 0 Å². The molecule has 0 radical (unpaired) electrons. The van der Waals surface area contributed by atoms with Gasteiger partial charge in [-0.05, 0) is 19.3 Å². The Balaban J connectivity index is 2.20. The molecule has 0 bridgehead atoms. The maximum atomic E-state index is 5.58. The van der Waals surface area contributed by atoms with E-state index in [0.717, 1.165) is 9.84 Å². The van der Waals surface area contributed by atoms with Crippen LogP contribution in [0.2, 0.25) is 0 Å². The van der Waals surface area contributed by atoms with Crippen molar-refractivity contribution in [1.82, 2.24) is 0 Å². The zero-order valence-corrected chi connectivity index (χ0v) is 6.55. The largest absolute Gasteiger partial charge is 0.328 e. The summed E-state index contributed by atoms with van der Waals surface area (Å²) in [5.41, 5.74) is 5.58. The fourth-order valence-electron chi connectivity index (χ4n) is 0.725. The minimum atomic E-state index is 0.432. The van der Waals surface area contributed by atoms with E-state index in [-0.39, 0.29) is 0 Å². The fraction of sp³-hybridized carbons (Fsp3) is 1.00. The monoisotopic (exact) mass is 211 g/mol. The van der Waals surface area contributed by atoms with Crippen LogP contribution in [0.5, 0.6) is 0 Å². The summed E-state index contributed by atoms with van der Waals surface area (Å²) in [7, 11) is 0. The van der Waals surface area contributed by atoms with E-state index in [0.29, 0.717) is 6.04 Å². The van der Waals surface area contributed by atoms with E-state index in [2.05, 4.69) is 29.5 Å². The topological polar surface area (TPSA) is 26.0 Å². The van der Waals surface area contributed by atoms with Crippen LogP contribution in [0.1, 0.15) is 13.3 Å². The predicted octanol–water partition coefficient (Wildman–Crippen LogP) is 1.16. The summed E-state index contributed by atoms with van der Waals surface area (Å²) in [4.78, 5) is 0. The molecule has 3 unspecified atom stereocenters. The summed E-state index contributed by atoms with van der Waals surface area (Å²) in [5.74, 6) is 0.834. The van der Waals surface area contributed by atoms with E-state index in [1.807, 2.05) is 0 Å². The van der Waals surface area contributed by atoms with Gasteiger partial charge >= 0.3 is 0 Å². The average Bonchev–Trinajstić information content (AvgIpc) is 2.17. The quantitative estimate of drug-likeness (QED) is 0.511. The van der Waals surface area contributed by atoms with Crippen molar-refractivity contribution in [1.29, 1.82) is 0 Å². The van der Waals surface area contributed by atoms with Gasteiger partial charge in [0, 0.05) is 9.97 Å². The molecule has 0 spiro atoms. The predicted molar refractivity (Wildman–Crippen MR) is 39.6 cm³/mol. The van der Waals surface area contributed by atoms with Gasteiger partial charge in [0.25, 0.3) is 0 Å². The maximum absolute atomic E-state index is 5.58.